The van der Waals surface area contributed by atoms with Gasteiger partial charge >= 0.3 is 5.97 Å². The van der Waals surface area contributed by atoms with Crippen molar-refractivity contribution in [1.82, 2.24) is 20.2 Å². The molecule has 0 saturated heterocycles. The van der Waals surface area contributed by atoms with Gasteiger partial charge in [0.15, 0.2) is 29.2 Å². The highest BCUT2D eigenvalue weighted by atomic mass is 35.5. The summed E-state index contributed by atoms with van der Waals surface area (Å²) in [5.41, 5.74) is 8.55. The lowest BCUT2D eigenvalue weighted by molar-refractivity contribution is -0.142. The highest BCUT2D eigenvalue weighted by Crippen LogP contribution is 2.49. The number of ether oxygens (including phenoxy) is 3. The number of carboxylic acids is 1. The van der Waals surface area contributed by atoms with Crippen LogP contribution >= 0.6 is 11.6 Å². The van der Waals surface area contributed by atoms with Crippen molar-refractivity contribution in [2.75, 3.05) is 13.2 Å². The van der Waals surface area contributed by atoms with Crippen molar-refractivity contribution in [3.63, 3.8) is 0 Å². The molecule has 3 atom stereocenters. The number of pyridine rings is 1. The summed E-state index contributed by atoms with van der Waals surface area (Å²) < 4.78 is 24.6. The number of halogens is 1. The largest absolute Gasteiger partial charge is 0.493 e. The molecule has 13 heteroatoms. The van der Waals surface area contributed by atoms with E-state index >= 15 is 0 Å². The molecule has 3 aliphatic rings. The first-order valence-corrected chi connectivity index (χ1v) is 21.5. The fraction of sp³-hybridized carbons (Fsp3) is 0.300. The van der Waals surface area contributed by atoms with Gasteiger partial charge in [0, 0.05) is 48.6 Å². The zero-order valence-electron chi connectivity index (χ0n) is 35.4. The van der Waals surface area contributed by atoms with Crippen LogP contribution in [0.1, 0.15) is 80.2 Å². The Morgan fingerprint density at radius 3 is 2.35 bits per heavy atom. The van der Waals surface area contributed by atoms with Crippen molar-refractivity contribution in [1.29, 1.82) is 0 Å². The third kappa shape index (κ3) is 8.60. The Bertz CT molecular complexity index is 2710. The van der Waals surface area contributed by atoms with Crippen LogP contribution in [0.15, 0.2) is 102 Å². The van der Waals surface area contributed by atoms with Crippen LogP contribution in [-0.2, 0) is 34.4 Å². The SMILES string of the molecule is Cc1nc(C(=O)N2Cc3cc4c(cc3CC2C(=O)NC(Cc2ccc(-c3ccnc(C)c3C)cc2)C(=O)O)OCC(c2ccc(OCC3(c5ccc(Cl)cc5)CC3)cc2)O4)c(C)o1. The number of carboxylic acid groups (broad SMARTS) is 1. The number of nitrogens with zero attached hydrogens (tertiary/aromatic N) is 3. The fourth-order valence-electron chi connectivity index (χ4n) is 8.57. The number of carbonyl (C=O) groups is 3. The zero-order chi connectivity index (χ0) is 44.0. The topological polar surface area (TPSA) is 153 Å². The Labute approximate surface area is 370 Å². The maximum absolute atomic E-state index is 14.3. The average molecular weight is 867 g/mol. The third-order valence-electron chi connectivity index (χ3n) is 12.6. The van der Waals surface area contributed by atoms with E-state index in [1.165, 1.54) is 10.5 Å². The summed E-state index contributed by atoms with van der Waals surface area (Å²) in [5, 5.41) is 13.8. The highest BCUT2D eigenvalue weighted by molar-refractivity contribution is 6.30. The van der Waals surface area contributed by atoms with Gasteiger partial charge in [0.1, 0.15) is 30.2 Å². The normalized spacial score (nSPS) is 17.6. The van der Waals surface area contributed by atoms with Crippen LogP contribution in [0.4, 0.5) is 0 Å². The fourth-order valence-corrected chi connectivity index (χ4v) is 8.70. The summed E-state index contributed by atoms with van der Waals surface area (Å²) in [6, 6.07) is 26.8. The van der Waals surface area contributed by atoms with Gasteiger partial charge in [0.05, 0.1) is 6.61 Å². The molecule has 322 valence electrons. The Balaban J connectivity index is 0.907. The van der Waals surface area contributed by atoms with E-state index in [9.17, 15) is 19.5 Å². The van der Waals surface area contributed by atoms with Crippen molar-refractivity contribution >= 4 is 29.4 Å². The van der Waals surface area contributed by atoms with E-state index in [4.69, 9.17) is 30.2 Å². The van der Waals surface area contributed by atoms with Crippen LogP contribution in [0.3, 0.4) is 0 Å². The summed E-state index contributed by atoms with van der Waals surface area (Å²) in [5.74, 6) is 0.140. The standard InChI is InChI=1S/C50H47ClN4O8/c1-28-29(2)52-20-17-40(28)33-7-5-32(6-8-33)21-41(49(58)59)54-47(56)42-22-35-23-43-44(24-36(35)25-55(42)48(57)46-30(3)62-31(4)53-46)63-45(26-60-43)34-9-15-39(16-10-34)61-27-50(18-19-50)37-11-13-38(51)14-12-37/h5-17,20,23-24,41-42,45H,18-19,21-22,25-27H2,1-4H3,(H,54,56)(H,58,59). The molecule has 2 amide bonds. The summed E-state index contributed by atoms with van der Waals surface area (Å²) in [4.78, 5) is 51.3. The second kappa shape index (κ2) is 16.9. The van der Waals surface area contributed by atoms with Gasteiger partial charge in [-0.25, -0.2) is 9.78 Å². The number of aromatic nitrogens is 2. The molecule has 0 spiro atoms. The molecule has 63 heavy (non-hydrogen) atoms. The Kier molecular flexibility index (Phi) is 11.2. The number of aliphatic carboxylic acids is 1. The molecule has 2 N–H and O–H groups in total. The van der Waals surface area contributed by atoms with E-state index < -0.39 is 36.0 Å². The molecular formula is C50H47ClN4O8. The number of hydrogen-bond acceptors (Lipinski definition) is 9. The minimum atomic E-state index is -1.26. The van der Waals surface area contributed by atoms with Crippen LogP contribution in [0.25, 0.3) is 11.1 Å². The molecule has 3 unspecified atom stereocenters. The lowest BCUT2D eigenvalue weighted by Gasteiger charge is -2.37. The predicted molar refractivity (Wildman–Crippen MR) is 235 cm³/mol. The van der Waals surface area contributed by atoms with Crippen LogP contribution in [0.5, 0.6) is 17.2 Å². The molecule has 4 heterocycles. The second-order valence-corrected chi connectivity index (χ2v) is 17.2. The minimum absolute atomic E-state index is 0.0121. The number of fused-ring (bicyclic) bond motifs is 2. The predicted octanol–water partition coefficient (Wildman–Crippen LogP) is 8.63. The monoisotopic (exact) mass is 866 g/mol. The van der Waals surface area contributed by atoms with Gasteiger partial charge in [0.2, 0.25) is 5.91 Å². The first kappa shape index (κ1) is 41.7. The zero-order valence-corrected chi connectivity index (χ0v) is 36.2. The number of amides is 2. The molecule has 0 radical (unpaired) electrons. The first-order chi connectivity index (χ1) is 30.3. The van der Waals surface area contributed by atoms with E-state index in [0.717, 1.165) is 68.3 Å². The third-order valence-corrected chi connectivity index (χ3v) is 12.8. The number of rotatable bonds is 12. The summed E-state index contributed by atoms with van der Waals surface area (Å²) in [7, 11) is 0. The first-order valence-electron chi connectivity index (χ1n) is 21.1. The maximum Gasteiger partial charge on any atom is 0.326 e. The van der Waals surface area contributed by atoms with Gasteiger partial charge in [-0.1, -0.05) is 60.1 Å². The Hall–Kier alpha value is -6.66. The number of aryl methyl sites for hydroxylation is 3. The van der Waals surface area contributed by atoms with Crippen molar-refractivity contribution in [2.45, 2.75) is 83.5 Å². The molecule has 0 bridgehead atoms. The van der Waals surface area contributed by atoms with Crippen molar-refractivity contribution in [2.24, 2.45) is 0 Å². The van der Waals surface area contributed by atoms with Crippen LogP contribution < -0.4 is 19.5 Å². The lowest BCUT2D eigenvalue weighted by atomic mass is 9.91. The molecule has 2 aliphatic heterocycles. The average Bonchev–Trinajstić information content (AvgIpc) is 4.00. The number of carbonyl (C=O) groups excluding carboxylic acids is 2. The van der Waals surface area contributed by atoms with Gasteiger partial charge in [-0.05, 0) is 121 Å². The van der Waals surface area contributed by atoms with Gasteiger partial charge in [-0.3, -0.25) is 14.6 Å². The quantitative estimate of drug-likeness (QED) is 0.122. The van der Waals surface area contributed by atoms with Gasteiger partial charge in [-0.15, -0.1) is 0 Å². The molecule has 6 aromatic rings. The molecule has 9 rings (SSSR count). The molecule has 1 fully saturated rings. The van der Waals surface area contributed by atoms with Gasteiger partial charge < -0.3 is 34.0 Å². The van der Waals surface area contributed by atoms with Gasteiger partial charge in [0.25, 0.3) is 5.91 Å². The molecule has 2 aromatic heterocycles. The Morgan fingerprint density at radius 2 is 1.67 bits per heavy atom. The van der Waals surface area contributed by atoms with Crippen molar-refractivity contribution < 1.29 is 38.1 Å². The highest BCUT2D eigenvalue weighted by Gasteiger charge is 2.45. The van der Waals surface area contributed by atoms with E-state index in [1.54, 1.807) is 20.0 Å². The molecule has 1 saturated carbocycles. The van der Waals surface area contributed by atoms with Crippen molar-refractivity contribution in [3.8, 4) is 28.4 Å². The van der Waals surface area contributed by atoms with E-state index in [1.807, 2.05) is 92.7 Å². The van der Waals surface area contributed by atoms with Crippen LogP contribution in [0, 0.1) is 27.7 Å². The Morgan fingerprint density at radius 1 is 0.937 bits per heavy atom. The van der Waals surface area contributed by atoms with Crippen molar-refractivity contribution in [3.05, 3.63) is 159 Å². The van der Waals surface area contributed by atoms with E-state index in [2.05, 4.69) is 27.4 Å². The summed E-state index contributed by atoms with van der Waals surface area (Å²) >= 11 is 6.11. The number of oxazole rings is 1. The smallest absolute Gasteiger partial charge is 0.326 e. The van der Waals surface area contributed by atoms with Gasteiger partial charge in [-0.2, -0.15) is 0 Å². The molecular weight excluding hydrogens is 820 g/mol. The minimum Gasteiger partial charge on any atom is -0.493 e. The van der Waals surface area contributed by atoms with E-state index in [0.29, 0.717) is 29.8 Å². The van der Waals surface area contributed by atoms with Crippen LogP contribution in [-0.4, -0.2) is 63.1 Å². The maximum atomic E-state index is 14.3. The number of hydrogen-bond donors (Lipinski definition) is 2. The van der Waals surface area contributed by atoms with Crippen LogP contribution in [0.2, 0.25) is 5.02 Å². The molecule has 12 nitrogen and oxygen atoms in total. The number of nitrogens with one attached hydrogen (secondary N) is 1. The molecule has 1 aliphatic carbocycles. The van der Waals surface area contributed by atoms with E-state index in [-0.39, 0.29) is 37.1 Å². The number of benzene rings is 4. The molecule has 4 aromatic carbocycles. The second-order valence-electron chi connectivity index (χ2n) is 16.8. The summed E-state index contributed by atoms with van der Waals surface area (Å²) in [6.07, 6.45) is 3.64. The summed E-state index contributed by atoms with van der Waals surface area (Å²) in [6.45, 7) is 8.14. The lowest BCUT2D eigenvalue weighted by Crippen LogP contribution is -2.56.